The van der Waals surface area contributed by atoms with Crippen molar-refractivity contribution in [1.29, 1.82) is 0 Å². The number of fused-ring (bicyclic) bond motifs is 1. The van der Waals surface area contributed by atoms with Crippen molar-refractivity contribution in [3.8, 4) is 15.6 Å². The fourth-order valence-corrected chi connectivity index (χ4v) is 5.37. The molecule has 0 bridgehead atoms. The average Bonchev–Trinajstić information content (AvgIpc) is 3.41. The Morgan fingerprint density at radius 2 is 2.00 bits per heavy atom. The second kappa shape index (κ2) is 8.38. The molecule has 4 nitrogen and oxygen atoms in total. The Bertz CT molecular complexity index is 1200. The van der Waals surface area contributed by atoms with Gasteiger partial charge in [0.1, 0.15) is 17.4 Å². The van der Waals surface area contributed by atoms with E-state index in [-0.39, 0.29) is 18.6 Å². The van der Waals surface area contributed by atoms with E-state index in [0.29, 0.717) is 16.3 Å². The van der Waals surface area contributed by atoms with Gasteiger partial charge in [-0.25, -0.2) is 4.98 Å². The van der Waals surface area contributed by atoms with Crippen LogP contribution < -0.4 is 10.1 Å². The summed E-state index contributed by atoms with van der Waals surface area (Å²) < 4.78 is 6.20. The molecule has 0 aliphatic heterocycles. The lowest BCUT2D eigenvalue weighted by Crippen LogP contribution is -2.39. The van der Waals surface area contributed by atoms with Crippen LogP contribution in [0.2, 0.25) is 5.02 Å². The molecule has 2 heterocycles. The minimum Gasteiger partial charge on any atom is -0.486 e. The first-order chi connectivity index (χ1) is 14.7. The Balaban J connectivity index is 1.46. The number of benzene rings is 2. The normalized spacial score (nSPS) is 13.9. The average molecular weight is 455 g/mol. The number of ether oxygens (including phenoxy) is 1. The van der Waals surface area contributed by atoms with Crippen LogP contribution in [0.5, 0.6) is 5.75 Å². The van der Waals surface area contributed by atoms with Crippen LogP contribution in [-0.2, 0) is 6.61 Å². The lowest BCUT2D eigenvalue weighted by molar-refractivity contribution is 0.0912. The number of nitrogens with one attached hydrogen (secondary N) is 1. The van der Waals surface area contributed by atoms with Gasteiger partial charge in [0.25, 0.3) is 5.91 Å². The van der Waals surface area contributed by atoms with Crippen molar-refractivity contribution in [3.05, 3.63) is 69.5 Å². The zero-order valence-electron chi connectivity index (χ0n) is 16.1. The van der Waals surface area contributed by atoms with Crippen LogP contribution in [0.25, 0.3) is 20.7 Å². The van der Waals surface area contributed by atoms with Crippen LogP contribution in [0.4, 0.5) is 0 Å². The van der Waals surface area contributed by atoms with Gasteiger partial charge in [-0.2, -0.15) is 0 Å². The largest absolute Gasteiger partial charge is 0.486 e. The molecule has 1 aliphatic rings. The van der Waals surface area contributed by atoms with Gasteiger partial charge in [0.2, 0.25) is 0 Å². The van der Waals surface area contributed by atoms with E-state index in [1.807, 2.05) is 41.1 Å². The lowest BCUT2D eigenvalue weighted by Gasteiger charge is -2.27. The number of halogens is 1. The molecule has 0 unspecified atom stereocenters. The number of rotatable bonds is 6. The third kappa shape index (κ3) is 3.83. The van der Waals surface area contributed by atoms with Gasteiger partial charge in [0, 0.05) is 27.2 Å². The molecule has 7 heteroatoms. The number of thiazole rings is 1. The molecule has 1 amide bonds. The van der Waals surface area contributed by atoms with E-state index in [4.69, 9.17) is 16.3 Å². The molecule has 1 N–H and O–H groups in total. The maximum Gasteiger partial charge on any atom is 0.255 e. The predicted molar refractivity (Wildman–Crippen MR) is 124 cm³/mol. The van der Waals surface area contributed by atoms with Gasteiger partial charge in [0.05, 0.1) is 16.1 Å². The number of carbonyl (C=O) groups is 1. The van der Waals surface area contributed by atoms with Crippen LogP contribution in [-0.4, -0.2) is 16.9 Å². The maximum absolute atomic E-state index is 13.0. The highest BCUT2D eigenvalue weighted by molar-refractivity contribution is 7.20. The summed E-state index contributed by atoms with van der Waals surface area (Å²) in [4.78, 5) is 18.8. The Kier molecular flexibility index (Phi) is 5.46. The van der Waals surface area contributed by atoms with Crippen molar-refractivity contribution >= 4 is 51.0 Å². The van der Waals surface area contributed by atoms with E-state index in [0.717, 1.165) is 45.6 Å². The van der Waals surface area contributed by atoms with E-state index in [1.165, 1.54) is 0 Å². The third-order valence-electron chi connectivity index (χ3n) is 5.28. The maximum atomic E-state index is 13.0. The molecule has 1 aliphatic carbocycles. The van der Waals surface area contributed by atoms with Crippen LogP contribution >= 0.6 is 34.3 Å². The van der Waals surface area contributed by atoms with Crippen molar-refractivity contribution in [2.75, 3.05) is 0 Å². The summed E-state index contributed by atoms with van der Waals surface area (Å²) >= 11 is 9.76. The molecular weight excluding hydrogens is 436 g/mol. The quantitative estimate of drug-likeness (QED) is 0.360. The standard InChI is InChI=1S/C23H19ClN2O2S2/c24-19-11-18(22(27)25-14-5-3-6-14)21(17-8-2-1-7-16(17)19)28-12-15-13-30-23(26-15)20-9-4-10-29-20/h1-2,4,7-11,13-14H,3,5-6,12H2,(H,25,27). The minimum atomic E-state index is -0.139. The van der Waals surface area contributed by atoms with Gasteiger partial charge in [0.15, 0.2) is 0 Å². The van der Waals surface area contributed by atoms with Crippen molar-refractivity contribution in [2.24, 2.45) is 0 Å². The number of carbonyl (C=O) groups excluding carboxylic acids is 1. The van der Waals surface area contributed by atoms with E-state index in [2.05, 4.69) is 16.4 Å². The molecule has 152 valence electrons. The van der Waals surface area contributed by atoms with E-state index in [9.17, 15) is 4.79 Å². The Morgan fingerprint density at radius 1 is 1.17 bits per heavy atom. The zero-order valence-corrected chi connectivity index (χ0v) is 18.4. The van der Waals surface area contributed by atoms with Crippen LogP contribution in [0.3, 0.4) is 0 Å². The molecule has 30 heavy (non-hydrogen) atoms. The second-order valence-corrected chi connectivity index (χ2v) is 9.50. The van der Waals surface area contributed by atoms with E-state index >= 15 is 0 Å². The number of thiophene rings is 1. The third-order valence-corrected chi connectivity index (χ3v) is 7.52. The fraction of sp³-hybridized carbons (Fsp3) is 0.217. The first-order valence-electron chi connectivity index (χ1n) is 9.82. The fourth-order valence-electron chi connectivity index (χ4n) is 3.48. The molecule has 4 aromatic rings. The Labute approximate surface area is 187 Å². The first kappa shape index (κ1) is 19.5. The highest BCUT2D eigenvalue weighted by Crippen LogP contribution is 2.36. The molecule has 5 rings (SSSR count). The van der Waals surface area contributed by atoms with Crippen molar-refractivity contribution < 1.29 is 9.53 Å². The van der Waals surface area contributed by atoms with Crippen LogP contribution in [0.1, 0.15) is 35.3 Å². The highest BCUT2D eigenvalue weighted by atomic mass is 35.5. The highest BCUT2D eigenvalue weighted by Gasteiger charge is 2.24. The number of amides is 1. The van der Waals surface area contributed by atoms with Crippen LogP contribution in [0, 0.1) is 0 Å². The Hall–Kier alpha value is -2.41. The van der Waals surface area contributed by atoms with Crippen molar-refractivity contribution in [1.82, 2.24) is 10.3 Å². The summed E-state index contributed by atoms with van der Waals surface area (Å²) in [6.07, 6.45) is 3.20. The van der Waals surface area contributed by atoms with Gasteiger partial charge < -0.3 is 10.1 Å². The number of hydrogen-bond donors (Lipinski definition) is 1. The molecule has 2 aromatic heterocycles. The summed E-state index contributed by atoms with van der Waals surface area (Å²) in [6.45, 7) is 0.289. The summed E-state index contributed by atoms with van der Waals surface area (Å²) in [5.41, 5.74) is 1.31. The minimum absolute atomic E-state index is 0.139. The van der Waals surface area contributed by atoms with Crippen molar-refractivity contribution in [3.63, 3.8) is 0 Å². The van der Waals surface area contributed by atoms with Gasteiger partial charge in [-0.05, 0) is 36.8 Å². The van der Waals surface area contributed by atoms with Gasteiger partial charge in [-0.1, -0.05) is 41.9 Å². The lowest BCUT2D eigenvalue weighted by atomic mass is 9.92. The number of aromatic nitrogens is 1. The zero-order chi connectivity index (χ0) is 20.5. The molecule has 0 radical (unpaired) electrons. The van der Waals surface area contributed by atoms with Gasteiger partial charge >= 0.3 is 0 Å². The van der Waals surface area contributed by atoms with Gasteiger partial charge in [-0.15, -0.1) is 22.7 Å². The molecule has 1 saturated carbocycles. The molecule has 0 spiro atoms. The summed E-state index contributed by atoms with van der Waals surface area (Å²) in [6, 6.07) is 13.8. The monoisotopic (exact) mass is 454 g/mol. The molecule has 0 saturated heterocycles. The summed E-state index contributed by atoms with van der Waals surface area (Å²) in [5, 5.41) is 10.4. The van der Waals surface area contributed by atoms with Crippen molar-refractivity contribution in [2.45, 2.75) is 31.9 Å². The van der Waals surface area contributed by atoms with E-state index < -0.39 is 0 Å². The van der Waals surface area contributed by atoms with Gasteiger partial charge in [-0.3, -0.25) is 4.79 Å². The first-order valence-corrected chi connectivity index (χ1v) is 12.0. The molecule has 1 fully saturated rings. The second-order valence-electron chi connectivity index (χ2n) is 7.29. The molecule has 2 aromatic carbocycles. The number of hydrogen-bond acceptors (Lipinski definition) is 5. The number of nitrogens with zero attached hydrogens (tertiary/aromatic N) is 1. The van der Waals surface area contributed by atoms with Crippen LogP contribution in [0.15, 0.2) is 53.2 Å². The summed E-state index contributed by atoms with van der Waals surface area (Å²) in [7, 11) is 0. The molecule has 0 atom stereocenters. The smallest absolute Gasteiger partial charge is 0.255 e. The summed E-state index contributed by atoms with van der Waals surface area (Å²) in [5.74, 6) is 0.414. The SMILES string of the molecule is O=C(NC1CCC1)c1cc(Cl)c2ccccc2c1OCc1csc(-c2cccs2)n1. The molecular formula is C23H19ClN2O2S2. The van der Waals surface area contributed by atoms with E-state index in [1.54, 1.807) is 28.7 Å². The Morgan fingerprint density at radius 3 is 2.73 bits per heavy atom. The topological polar surface area (TPSA) is 51.2 Å². The predicted octanol–water partition coefficient (Wildman–Crippen LogP) is 6.54.